The van der Waals surface area contributed by atoms with Crippen LogP contribution in [0.2, 0.25) is 0 Å². The Labute approximate surface area is 69.3 Å². The zero-order chi connectivity index (χ0) is 8.27. The van der Waals surface area contributed by atoms with Crippen molar-refractivity contribution in [3.63, 3.8) is 0 Å². The molecule has 1 unspecified atom stereocenters. The van der Waals surface area contributed by atoms with Crippen molar-refractivity contribution in [3.05, 3.63) is 16.6 Å². The second kappa shape index (κ2) is 3.59. The average Bonchev–Trinajstić information content (AvgIpc) is 2.53. The molecule has 2 N–H and O–H groups in total. The van der Waals surface area contributed by atoms with Gasteiger partial charge in [-0.25, -0.2) is 0 Å². The fraction of sp³-hybridized carbons (Fsp3) is 0.429. The summed E-state index contributed by atoms with van der Waals surface area (Å²) in [5.41, 5.74) is 6.99. The summed E-state index contributed by atoms with van der Waals surface area (Å²) in [5, 5.41) is 0. The molecule has 0 saturated heterocycles. The van der Waals surface area contributed by atoms with Crippen LogP contribution in [-0.4, -0.2) is 17.3 Å². The summed E-state index contributed by atoms with van der Waals surface area (Å²) < 4.78 is 0. The van der Waals surface area contributed by atoms with Crippen molar-refractivity contribution in [2.75, 3.05) is 6.54 Å². The Bertz CT molecular complexity index is 233. The molecule has 60 valence electrons. The van der Waals surface area contributed by atoms with E-state index in [1.807, 2.05) is 6.92 Å². The van der Waals surface area contributed by atoms with Crippen molar-refractivity contribution in [3.8, 4) is 0 Å². The van der Waals surface area contributed by atoms with E-state index in [1.165, 1.54) is 11.3 Å². The van der Waals surface area contributed by atoms with Gasteiger partial charge < -0.3 is 5.73 Å². The number of thiazole rings is 1. The molecule has 1 atom stereocenters. The fourth-order valence-corrected chi connectivity index (χ4v) is 1.36. The molecule has 4 heteroatoms. The summed E-state index contributed by atoms with van der Waals surface area (Å²) in [5.74, 6) is 0.00505. The van der Waals surface area contributed by atoms with E-state index < -0.39 is 0 Å². The van der Waals surface area contributed by atoms with Crippen LogP contribution in [0.25, 0.3) is 0 Å². The molecule has 0 fully saturated rings. The van der Waals surface area contributed by atoms with Gasteiger partial charge in [-0.05, 0) is 0 Å². The molecule has 0 aliphatic rings. The number of hydrogen-bond donors (Lipinski definition) is 1. The normalized spacial score (nSPS) is 12.9. The van der Waals surface area contributed by atoms with Crippen molar-refractivity contribution < 1.29 is 4.79 Å². The number of hydrogen-bond acceptors (Lipinski definition) is 4. The minimum absolute atomic E-state index is 0.0875. The molecular formula is C7H10N2OS. The maximum Gasteiger partial charge on any atom is 0.178 e. The summed E-state index contributed by atoms with van der Waals surface area (Å²) in [6.45, 7) is 2.22. The smallest absolute Gasteiger partial charge is 0.178 e. The van der Waals surface area contributed by atoms with Gasteiger partial charge in [0.25, 0.3) is 0 Å². The van der Waals surface area contributed by atoms with E-state index in [2.05, 4.69) is 4.98 Å². The Hall–Kier alpha value is -0.740. The van der Waals surface area contributed by atoms with Crippen LogP contribution in [0.1, 0.15) is 16.6 Å². The van der Waals surface area contributed by atoms with Crippen LogP contribution in [-0.2, 0) is 0 Å². The Kier molecular flexibility index (Phi) is 2.73. The summed E-state index contributed by atoms with van der Waals surface area (Å²) in [4.78, 5) is 15.8. The third-order valence-corrected chi connectivity index (χ3v) is 2.26. The van der Waals surface area contributed by atoms with Gasteiger partial charge in [0.1, 0.15) is 0 Å². The number of Topliss-reactive ketones (excluding diaryl/α,β-unsaturated/α-hetero) is 1. The van der Waals surface area contributed by atoms with Crippen LogP contribution in [0.5, 0.6) is 0 Å². The van der Waals surface area contributed by atoms with Crippen LogP contribution < -0.4 is 5.73 Å². The van der Waals surface area contributed by atoms with E-state index in [0.29, 0.717) is 11.4 Å². The minimum atomic E-state index is -0.0875. The van der Waals surface area contributed by atoms with Gasteiger partial charge in [-0.1, -0.05) is 6.92 Å². The molecule has 0 aliphatic carbocycles. The third-order valence-electron chi connectivity index (χ3n) is 1.48. The molecule has 0 spiro atoms. The van der Waals surface area contributed by atoms with Gasteiger partial charge >= 0.3 is 0 Å². The topological polar surface area (TPSA) is 56.0 Å². The van der Waals surface area contributed by atoms with Gasteiger partial charge in [0.2, 0.25) is 0 Å². The van der Waals surface area contributed by atoms with Gasteiger partial charge in [0, 0.05) is 18.7 Å². The number of aromatic nitrogens is 1. The molecule has 0 bridgehead atoms. The quantitative estimate of drug-likeness (QED) is 0.686. The van der Waals surface area contributed by atoms with Crippen molar-refractivity contribution in [1.29, 1.82) is 0 Å². The van der Waals surface area contributed by atoms with Crippen LogP contribution >= 0.6 is 11.3 Å². The highest BCUT2D eigenvalue weighted by molar-refractivity contribution is 7.11. The summed E-state index contributed by atoms with van der Waals surface area (Å²) in [6, 6.07) is 0. The molecule has 0 aliphatic heterocycles. The van der Waals surface area contributed by atoms with Crippen LogP contribution in [0, 0.1) is 5.92 Å². The number of carbonyl (C=O) groups excluding carboxylic acids is 1. The molecule has 0 amide bonds. The first-order chi connectivity index (χ1) is 5.25. The predicted molar refractivity (Wildman–Crippen MR) is 44.7 cm³/mol. The Morgan fingerprint density at radius 1 is 1.91 bits per heavy atom. The largest absolute Gasteiger partial charge is 0.330 e. The van der Waals surface area contributed by atoms with Crippen molar-refractivity contribution in [1.82, 2.24) is 4.98 Å². The number of nitrogens with two attached hydrogens (primary N) is 1. The second-order valence-corrected chi connectivity index (χ2v) is 3.25. The van der Waals surface area contributed by atoms with E-state index in [4.69, 9.17) is 5.73 Å². The molecule has 0 saturated carbocycles. The van der Waals surface area contributed by atoms with Gasteiger partial charge in [0.15, 0.2) is 5.78 Å². The van der Waals surface area contributed by atoms with Crippen molar-refractivity contribution >= 4 is 17.1 Å². The first-order valence-corrected chi connectivity index (χ1v) is 4.26. The lowest BCUT2D eigenvalue weighted by Crippen LogP contribution is -2.19. The maximum atomic E-state index is 11.3. The summed E-state index contributed by atoms with van der Waals surface area (Å²) in [6.07, 6.45) is 1.58. The second-order valence-electron chi connectivity index (χ2n) is 2.37. The van der Waals surface area contributed by atoms with Crippen molar-refractivity contribution in [2.24, 2.45) is 11.7 Å². The van der Waals surface area contributed by atoms with E-state index in [0.717, 1.165) is 0 Å². The Morgan fingerprint density at radius 3 is 3.09 bits per heavy atom. The fourth-order valence-electron chi connectivity index (χ4n) is 0.687. The molecule has 3 nitrogen and oxygen atoms in total. The van der Waals surface area contributed by atoms with Gasteiger partial charge in [-0.3, -0.25) is 9.78 Å². The van der Waals surface area contributed by atoms with E-state index in [1.54, 1.807) is 11.7 Å². The van der Waals surface area contributed by atoms with Crippen LogP contribution in [0.4, 0.5) is 0 Å². The molecule has 0 radical (unpaired) electrons. The highest BCUT2D eigenvalue weighted by Gasteiger charge is 2.14. The molecule has 1 rings (SSSR count). The lowest BCUT2D eigenvalue weighted by Gasteiger charge is -2.02. The van der Waals surface area contributed by atoms with Crippen molar-refractivity contribution in [2.45, 2.75) is 6.92 Å². The lowest BCUT2D eigenvalue weighted by molar-refractivity contribution is 0.0938. The SMILES string of the molecule is CC(CN)C(=O)c1cncs1. The lowest BCUT2D eigenvalue weighted by atomic mass is 10.1. The minimum Gasteiger partial charge on any atom is -0.330 e. The van der Waals surface area contributed by atoms with Gasteiger partial charge in [0.05, 0.1) is 10.4 Å². The first-order valence-electron chi connectivity index (χ1n) is 3.38. The number of carbonyl (C=O) groups is 1. The first kappa shape index (κ1) is 8.36. The molecule has 1 aromatic heterocycles. The van der Waals surface area contributed by atoms with Crippen LogP contribution in [0.3, 0.4) is 0 Å². The Morgan fingerprint density at radius 2 is 2.64 bits per heavy atom. The maximum absolute atomic E-state index is 11.3. The monoisotopic (exact) mass is 170 g/mol. The van der Waals surface area contributed by atoms with E-state index in [-0.39, 0.29) is 11.7 Å². The van der Waals surface area contributed by atoms with Crippen LogP contribution in [0.15, 0.2) is 11.7 Å². The summed E-state index contributed by atoms with van der Waals surface area (Å²) >= 11 is 1.36. The number of rotatable bonds is 3. The van der Waals surface area contributed by atoms with Gasteiger partial charge in [-0.2, -0.15) is 0 Å². The van der Waals surface area contributed by atoms with Gasteiger partial charge in [-0.15, -0.1) is 11.3 Å². The van der Waals surface area contributed by atoms with E-state index in [9.17, 15) is 4.79 Å². The predicted octanol–water partition coefficient (Wildman–Crippen LogP) is 0.921. The molecular weight excluding hydrogens is 160 g/mol. The highest BCUT2D eigenvalue weighted by atomic mass is 32.1. The third kappa shape index (κ3) is 1.85. The van der Waals surface area contributed by atoms with E-state index >= 15 is 0 Å². The highest BCUT2D eigenvalue weighted by Crippen LogP contribution is 2.11. The molecule has 11 heavy (non-hydrogen) atoms. The molecule has 1 aromatic rings. The molecule has 0 aromatic carbocycles. The Balaban J connectivity index is 2.70. The average molecular weight is 170 g/mol. The zero-order valence-electron chi connectivity index (χ0n) is 6.28. The number of nitrogens with zero attached hydrogens (tertiary/aromatic N) is 1. The zero-order valence-corrected chi connectivity index (χ0v) is 7.10. The standard InChI is InChI=1S/C7H10N2OS/c1-5(2-8)7(10)6-3-9-4-11-6/h3-5H,2,8H2,1H3. The molecule has 1 heterocycles. The number of ketones is 1. The summed E-state index contributed by atoms with van der Waals surface area (Å²) in [7, 11) is 0.